The van der Waals surface area contributed by atoms with Gasteiger partial charge < -0.3 is 39.0 Å². The van der Waals surface area contributed by atoms with Gasteiger partial charge in [0.15, 0.2) is 11.2 Å². The Kier molecular flexibility index (Phi) is 9.31. The standard InChI is InChI=1S/C13H14N2O4.C7H5NO2.C6H11NO3/c1-17-13(16)10-6-8(7-14-10)18-12-9-4-2-3-5-11(9)19-15-12;9-7-5-3-1-2-4-6(5)10-8-7;1-10-6(9)5-2-4(8)3-7-5/h2-5,8,10,14H,6-7H2,1H3;1-4H,(H,8,9);4-5,7-8H,2-3H2,1H3/t8-,10+;;4-,5-/m1.0/s1. The Bertz CT molecular complexity index is 1450. The summed E-state index contributed by atoms with van der Waals surface area (Å²) in [6.45, 7) is 1.07. The van der Waals surface area contributed by atoms with Gasteiger partial charge in [-0.1, -0.05) is 24.3 Å². The first-order chi connectivity index (χ1) is 18.9. The number of nitrogens with one attached hydrogen (secondary N) is 3. The number of carbonyl (C=O) groups is 2. The first-order valence-corrected chi connectivity index (χ1v) is 12.3. The van der Waals surface area contributed by atoms with Crippen LogP contribution < -0.4 is 20.9 Å². The number of fused-ring (bicyclic) bond motifs is 2. The van der Waals surface area contributed by atoms with Crippen LogP contribution in [0, 0.1) is 0 Å². The number of carbonyl (C=O) groups excluding carboxylic acids is 2. The second kappa shape index (κ2) is 13.0. The van der Waals surface area contributed by atoms with Crippen molar-refractivity contribution in [3.63, 3.8) is 0 Å². The summed E-state index contributed by atoms with van der Waals surface area (Å²) in [6, 6.07) is 14.0. The Morgan fingerprint density at radius 1 is 0.897 bits per heavy atom. The Morgan fingerprint density at radius 3 is 2.15 bits per heavy atom. The summed E-state index contributed by atoms with van der Waals surface area (Å²) >= 11 is 0. The third-order valence-electron chi connectivity index (χ3n) is 6.18. The number of β-amino-alcohol motifs (C(OH)–C–C–N with tert-alkyl or cyclic N) is 1. The van der Waals surface area contributed by atoms with Crippen LogP contribution in [0.1, 0.15) is 12.8 Å². The number of hydrogen-bond acceptors (Lipinski definition) is 12. The fraction of sp³-hybridized carbons (Fsp3) is 0.385. The van der Waals surface area contributed by atoms with E-state index in [0.29, 0.717) is 48.4 Å². The molecular formula is C26H30N4O9. The molecule has 2 aliphatic heterocycles. The second-order valence-electron chi connectivity index (χ2n) is 8.85. The lowest BCUT2D eigenvalue weighted by molar-refractivity contribution is -0.143. The number of aliphatic hydroxyl groups excluding tert-OH is 1. The van der Waals surface area contributed by atoms with Gasteiger partial charge in [-0.2, -0.15) is 5.16 Å². The van der Waals surface area contributed by atoms with E-state index >= 15 is 0 Å². The quantitative estimate of drug-likeness (QED) is 0.271. The van der Waals surface area contributed by atoms with Crippen LogP contribution in [0.2, 0.25) is 0 Å². The summed E-state index contributed by atoms with van der Waals surface area (Å²) in [6.07, 6.45) is 0.516. The van der Waals surface area contributed by atoms with E-state index in [-0.39, 0.29) is 35.7 Å². The number of methoxy groups -OCH3 is 2. The van der Waals surface area contributed by atoms with Gasteiger partial charge in [0.25, 0.3) is 11.4 Å². The van der Waals surface area contributed by atoms with Crippen molar-refractivity contribution in [1.82, 2.24) is 20.9 Å². The minimum atomic E-state index is -0.399. The Morgan fingerprint density at radius 2 is 1.51 bits per heavy atom. The van der Waals surface area contributed by atoms with Crippen molar-refractivity contribution in [1.29, 1.82) is 0 Å². The van der Waals surface area contributed by atoms with Crippen LogP contribution in [0.5, 0.6) is 5.88 Å². The average Bonchev–Trinajstić information content (AvgIpc) is 3.77. The fourth-order valence-corrected chi connectivity index (χ4v) is 4.16. The zero-order valence-corrected chi connectivity index (χ0v) is 21.4. The number of nitrogens with zero attached hydrogens (tertiary/aromatic N) is 1. The monoisotopic (exact) mass is 542 g/mol. The number of rotatable bonds is 4. The molecule has 0 amide bonds. The molecular weight excluding hydrogens is 512 g/mol. The van der Waals surface area contributed by atoms with Crippen LogP contribution in [-0.2, 0) is 19.1 Å². The third kappa shape index (κ3) is 7.02. The highest BCUT2D eigenvalue weighted by Crippen LogP contribution is 2.26. The molecule has 2 fully saturated rings. The number of benzene rings is 2. The molecule has 0 radical (unpaired) electrons. The molecule has 208 valence electrons. The molecule has 4 atom stereocenters. The van der Waals surface area contributed by atoms with Crippen LogP contribution >= 0.6 is 0 Å². The summed E-state index contributed by atoms with van der Waals surface area (Å²) < 4.78 is 24.9. The molecule has 39 heavy (non-hydrogen) atoms. The molecule has 0 aliphatic carbocycles. The molecule has 13 nitrogen and oxygen atoms in total. The molecule has 0 spiro atoms. The number of aliphatic hydroxyl groups is 1. The van der Waals surface area contributed by atoms with E-state index in [9.17, 15) is 14.4 Å². The van der Waals surface area contributed by atoms with Crippen molar-refractivity contribution < 1.29 is 38.0 Å². The van der Waals surface area contributed by atoms with Crippen molar-refractivity contribution >= 4 is 33.9 Å². The van der Waals surface area contributed by atoms with E-state index in [2.05, 4.69) is 25.7 Å². The first-order valence-electron chi connectivity index (χ1n) is 12.3. The van der Waals surface area contributed by atoms with E-state index in [0.717, 1.165) is 5.39 Å². The fourth-order valence-electron chi connectivity index (χ4n) is 4.16. The highest BCUT2D eigenvalue weighted by Gasteiger charge is 2.32. The van der Waals surface area contributed by atoms with Gasteiger partial charge in [0.05, 0.1) is 31.1 Å². The van der Waals surface area contributed by atoms with Gasteiger partial charge in [0.1, 0.15) is 18.2 Å². The number of aromatic amines is 1. The molecule has 0 bridgehead atoms. The normalized spacial score (nSPS) is 21.9. The molecule has 6 rings (SSSR count). The molecule has 2 saturated heterocycles. The van der Waals surface area contributed by atoms with Crippen molar-refractivity contribution in [2.45, 2.75) is 37.1 Å². The van der Waals surface area contributed by atoms with Gasteiger partial charge >= 0.3 is 11.9 Å². The SMILES string of the molecule is COC(=O)[C@@H]1C[C@@H](Oc2noc3ccccc23)CN1.COC(=O)[C@@H]1C[C@H](O)CN1.O=c1[nH]oc2ccccc12. The van der Waals surface area contributed by atoms with E-state index < -0.39 is 6.10 Å². The van der Waals surface area contributed by atoms with Gasteiger partial charge in [-0.15, -0.1) is 0 Å². The summed E-state index contributed by atoms with van der Waals surface area (Å²) in [5.41, 5.74) is 1.12. The third-order valence-corrected chi connectivity index (χ3v) is 6.18. The molecule has 2 aliphatic rings. The van der Waals surface area contributed by atoms with E-state index in [1.54, 1.807) is 18.2 Å². The highest BCUT2D eigenvalue weighted by molar-refractivity contribution is 5.82. The molecule has 4 heterocycles. The maximum atomic E-state index is 11.4. The molecule has 0 unspecified atom stereocenters. The van der Waals surface area contributed by atoms with Crippen molar-refractivity contribution in [2.75, 3.05) is 27.3 Å². The Labute approximate surface area is 222 Å². The first kappa shape index (κ1) is 27.8. The van der Waals surface area contributed by atoms with Crippen LogP contribution in [-0.4, -0.2) is 79.0 Å². The van der Waals surface area contributed by atoms with Crippen LogP contribution in [0.4, 0.5) is 0 Å². The van der Waals surface area contributed by atoms with Crippen LogP contribution in [0.3, 0.4) is 0 Å². The number of para-hydroxylation sites is 2. The molecule has 2 aromatic carbocycles. The predicted molar refractivity (Wildman–Crippen MR) is 138 cm³/mol. The summed E-state index contributed by atoms with van der Waals surface area (Å²) in [4.78, 5) is 33.0. The lowest BCUT2D eigenvalue weighted by Crippen LogP contribution is -2.31. The summed E-state index contributed by atoms with van der Waals surface area (Å²) in [5.74, 6) is -0.0967. The molecule has 2 aromatic heterocycles. The van der Waals surface area contributed by atoms with Gasteiger partial charge in [-0.25, -0.2) is 0 Å². The molecule has 0 saturated carbocycles. The maximum Gasteiger partial charge on any atom is 0.323 e. The summed E-state index contributed by atoms with van der Waals surface area (Å²) in [7, 11) is 2.72. The summed E-state index contributed by atoms with van der Waals surface area (Å²) in [5, 5.41) is 22.5. The van der Waals surface area contributed by atoms with Gasteiger partial charge in [0, 0.05) is 25.9 Å². The smallest absolute Gasteiger partial charge is 0.323 e. The number of H-pyrrole nitrogens is 1. The molecule has 4 N–H and O–H groups in total. The number of hydrogen-bond donors (Lipinski definition) is 4. The minimum absolute atomic E-state index is 0.113. The molecule has 4 aromatic rings. The van der Waals surface area contributed by atoms with Crippen LogP contribution in [0.25, 0.3) is 21.9 Å². The van der Waals surface area contributed by atoms with E-state index in [1.807, 2.05) is 30.3 Å². The maximum absolute atomic E-state index is 11.4. The number of esters is 2. The zero-order valence-electron chi connectivity index (χ0n) is 21.4. The topological polar surface area (TPSA) is 178 Å². The van der Waals surface area contributed by atoms with Crippen LogP contribution in [0.15, 0.2) is 62.4 Å². The lowest BCUT2D eigenvalue weighted by Gasteiger charge is -2.09. The lowest BCUT2D eigenvalue weighted by atomic mass is 10.2. The number of aromatic nitrogens is 2. The largest absolute Gasteiger partial charge is 0.470 e. The Hall–Kier alpha value is -4.20. The van der Waals surface area contributed by atoms with E-state index in [1.165, 1.54) is 14.2 Å². The van der Waals surface area contributed by atoms with Gasteiger partial charge in [-0.3, -0.25) is 14.4 Å². The van der Waals surface area contributed by atoms with E-state index in [4.69, 9.17) is 23.6 Å². The van der Waals surface area contributed by atoms with Gasteiger partial charge in [-0.05, 0) is 29.4 Å². The predicted octanol–water partition coefficient (Wildman–Crippen LogP) is 1.11. The van der Waals surface area contributed by atoms with Crippen molar-refractivity contribution in [3.8, 4) is 5.88 Å². The van der Waals surface area contributed by atoms with Crippen molar-refractivity contribution in [2.24, 2.45) is 0 Å². The van der Waals surface area contributed by atoms with Gasteiger partial charge in [0.2, 0.25) is 0 Å². The minimum Gasteiger partial charge on any atom is -0.470 e. The number of ether oxygens (including phenoxy) is 3. The van der Waals surface area contributed by atoms with Crippen molar-refractivity contribution in [3.05, 3.63) is 58.9 Å². The Balaban J connectivity index is 0.000000149. The highest BCUT2D eigenvalue weighted by atomic mass is 16.5. The zero-order chi connectivity index (χ0) is 27.8. The molecule has 13 heteroatoms. The second-order valence-corrected chi connectivity index (χ2v) is 8.85. The average molecular weight is 543 g/mol.